The molecule has 0 aromatic heterocycles. The predicted octanol–water partition coefficient (Wildman–Crippen LogP) is 2.63. The van der Waals surface area contributed by atoms with Crippen molar-refractivity contribution < 1.29 is 23.9 Å². The first kappa shape index (κ1) is 22.3. The molecule has 2 aromatic rings. The molecule has 162 valence electrons. The summed E-state index contributed by atoms with van der Waals surface area (Å²) >= 11 is 6.02. The third-order valence-electron chi connectivity index (χ3n) is 4.86. The second-order valence-electron chi connectivity index (χ2n) is 7.28. The highest BCUT2D eigenvalue weighted by atomic mass is 35.5. The Morgan fingerprint density at radius 1 is 1.16 bits per heavy atom. The van der Waals surface area contributed by atoms with E-state index in [9.17, 15) is 19.2 Å². The smallest absolute Gasteiger partial charge is 0.311 e. The molecule has 1 fully saturated rings. The van der Waals surface area contributed by atoms with Crippen molar-refractivity contribution in [2.24, 2.45) is 5.92 Å². The van der Waals surface area contributed by atoms with Gasteiger partial charge in [0.05, 0.1) is 12.5 Å². The molecule has 1 aliphatic rings. The first-order valence-electron chi connectivity index (χ1n) is 9.64. The quantitative estimate of drug-likeness (QED) is 0.668. The van der Waals surface area contributed by atoms with Crippen LogP contribution in [-0.4, -0.2) is 41.9 Å². The summed E-state index contributed by atoms with van der Waals surface area (Å²) in [6.07, 6.45) is -0.109. The number of carbonyl (C=O) groups is 4. The molecule has 1 aliphatic heterocycles. The summed E-state index contributed by atoms with van der Waals surface area (Å²) in [4.78, 5) is 48.9. The van der Waals surface area contributed by atoms with E-state index in [-0.39, 0.29) is 13.0 Å². The summed E-state index contributed by atoms with van der Waals surface area (Å²) in [7, 11) is 0. The van der Waals surface area contributed by atoms with Crippen LogP contribution in [0.5, 0.6) is 0 Å². The van der Waals surface area contributed by atoms with Gasteiger partial charge in [-0.1, -0.05) is 35.4 Å². The maximum Gasteiger partial charge on any atom is 0.311 e. The lowest BCUT2D eigenvalue weighted by molar-refractivity contribution is -0.151. The predicted molar refractivity (Wildman–Crippen MR) is 114 cm³/mol. The fourth-order valence-corrected chi connectivity index (χ4v) is 3.31. The molecular weight excluding hydrogens is 422 g/mol. The van der Waals surface area contributed by atoms with Gasteiger partial charge in [-0.25, -0.2) is 0 Å². The number of nitrogens with zero attached hydrogens (tertiary/aromatic N) is 1. The Morgan fingerprint density at radius 3 is 2.65 bits per heavy atom. The second-order valence-corrected chi connectivity index (χ2v) is 7.69. The molecule has 1 saturated heterocycles. The number of anilines is 1. The normalized spacial score (nSPS) is 15.5. The van der Waals surface area contributed by atoms with E-state index in [4.69, 9.17) is 16.3 Å². The molecule has 0 spiro atoms. The maximum absolute atomic E-state index is 12.3. The third kappa shape index (κ3) is 5.61. The van der Waals surface area contributed by atoms with Crippen LogP contribution in [-0.2, 0) is 19.1 Å². The molecule has 0 unspecified atom stereocenters. The number of hydrazine groups is 1. The maximum atomic E-state index is 12.3. The topological polar surface area (TPSA) is 105 Å². The van der Waals surface area contributed by atoms with Crippen molar-refractivity contribution in [2.75, 3.05) is 18.5 Å². The van der Waals surface area contributed by atoms with E-state index in [0.717, 1.165) is 10.6 Å². The number of benzene rings is 2. The van der Waals surface area contributed by atoms with Gasteiger partial charge in [-0.3, -0.25) is 29.6 Å². The number of carbonyl (C=O) groups excluding carboxylic acids is 4. The van der Waals surface area contributed by atoms with Crippen LogP contribution in [0.2, 0.25) is 5.02 Å². The number of halogens is 1. The molecule has 0 radical (unpaired) electrons. The van der Waals surface area contributed by atoms with Gasteiger partial charge in [0.1, 0.15) is 0 Å². The van der Waals surface area contributed by atoms with E-state index >= 15 is 0 Å². The molecule has 2 N–H and O–H groups in total. The third-order valence-corrected chi connectivity index (χ3v) is 5.27. The molecule has 0 bridgehead atoms. The van der Waals surface area contributed by atoms with Crippen LogP contribution in [0.4, 0.5) is 5.69 Å². The highest BCUT2D eigenvalue weighted by Gasteiger charge is 2.36. The Bertz CT molecular complexity index is 1040. The Morgan fingerprint density at radius 2 is 1.90 bits per heavy atom. The van der Waals surface area contributed by atoms with Gasteiger partial charge in [0.25, 0.3) is 11.8 Å². The van der Waals surface area contributed by atoms with Crippen LogP contribution in [0.15, 0.2) is 42.5 Å². The Kier molecular flexibility index (Phi) is 6.91. The number of esters is 1. The summed E-state index contributed by atoms with van der Waals surface area (Å²) in [5, 5.41) is 4.24. The molecule has 9 heteroatoms. The van der Waals surface area contributed by atoms with Crippen molar-refractivity contribution in [1.82, 2.24) is 10.4 Å². The number of hydrogen-bond donors (Lipinski definition) is 2. The van der Waals surface area contributed by atoms with Crippen molar-refractivity contribution in [3.05, 3.63) is 64.2 Å². The van der Waals surface area contributed by atoms with Crippen LogP contribution in [0, 0.1) is 19.8 Å². The van der Waals surface area contributed by atoms with Gasteiger partial charge in [-0.05, 0) is 43.7 Å². The number of nitrogens with one attached hydrogen (secondary N) is 2. The first-order chi connectivity index (χ1) is 14.7. The largest absolute Gasteiger partial charge is 0.455 e. The van der Waals surface area contributed by atoms with Crippen LogP contribution < -0.4 is 10.7 Å². The van der Waals surface area contributed by atoms with E-state index in [1.165, 1.54) is 0 Å². The average molecular weight is 444 g/mol. The van der Waals surface area contributed by atoms with Gasteiger partial charge >= 0.3 is 5.97 Å². The van der Waals surface area contributed by atoms with E-state index in [1.54, 1.807) is 43.3 Å². The molecule has 2 aromatic carbocycles. The molecule has 0 aliphatic carbocycles. The highest BCUT2D eigenvalue weighted by Crippen LogP contribution is 2.23. The monoisotopic (exact) mass is 443 g/mol. The summed E-state index contributed by atoms with van der Waals surface area (Å²) in [5.74, 6) is -2.82. The number of ether oxygens (including phenoxy) is 1. The molecule has 8 nitrogen and oxygen atoms in total. The van der Waals surface area contributed by atoms with E-state index in [1.807, 2.05) is 13.0 Å². The molecule has 3 rings (SSSR count). The first-order valence-corrected chi connectivity index (χ1v) is 10.0. The highest BCUT2D eigenvalue weighted by molar-refractivity contribution is 6.31. The molecule has 1 atom stereocenters. The van der Waals surface area contributed by atoms with Crippen LogP contribution >= 0.6 is 11.6 Å². The lowest BCUT2D eigenvalue weighted by Gasteiger charge is -2.17. The zero-order valence-corrected chi connectivity index (χ0v) is 17.9. The Hall–Kier alpha value is -3.39. The van der Waals surface area contributed by atoms with Gasteiger partial charge in [0.2, 0.25) is 5.91 Å². The fourth-order valence-electron chi connectivity index (χ4n) is 3.13. The lowest BCUT2D eigenvalue weighted by Crippen LogP contribution is -2.43. The Labute approximate surface area is 184 Å². The minimum atomic E-state index is -0.772. The summed E-state index contributed by atoms with van der Waals surface area (Å²) < 4.78 is 5.06. The van der Waals surface area contributed by atoms with Crippen LogP contribution in [0.3, 0.4) is 0 Å². The lowest BCUT2D eigenvalue weighted by atomic mass is 10.1. The minimum absolute atomic E-state index is 0.0236. The van der Waals surface area contributed by atoms with Crippen LogP contribution in [0.1, 0.15) is 27.9 Å². The number of rotatable bonds is 6. The van der Waals surface area contributed by atoms with E-state index in [2.05, 4.69) is 10.7 Å². The molecule has 1 heterocycles. The van der Waals surface area contributed by atoms with Crippen molar-refractivity contribution in [3.8, 4) is 0 Å². The summed E-state index contributed by atoms with van der Waals surface area (Å²) in [6.45, 7) is 3.09. The van der Waals surface area contributed by atoms with Gasteiger partial charge in [-0.15, -0.1) is 0 Å². The van der Waals surface area contributed by atoms with E-state index in [0.29, 0.717) is 21.8 Å². The molecule has 3 amide bonds. The van der Waals surface area contributed by atoms with Gasteiger partial charge in [0, 0.05) is 22.7 Å². The Balaban J connectivity index is 1.50. The van der Waals surface area contributed by atoms with Gasteiger partial charge < -0.3 is 10.1 Å². The standard InChI is InChI=1S/C22H22ClN3O5/c1-13-5-3-6-15(9-13)21(29)25-26-11-16(10-20(26)28)22(30)31-12-19(27)24-18-8-4-7-17(23)14(18)2/h3-9,16H,10-12H2,1-2H3,(H,24,27)(H,25,29)/t16-/m0/s1. The van der Waals surface area contributed by atoms with Gasteiger partial charge in [0.15, 0.2) is 6.61 Å². The van der Waals surface area contributed by atoms with Crippen molar-refractivity contribution in [2.45, 2.75) is 20.3 Å². The number of amides is 3. The fraction of sp³-hybridized carbons (Fsp3) is 0.273. The van der Waals surface area contributed by atoms with Crippen molar-refractivity contribution in [3.63, 3.8) is 0 Å². The summed E-state index contributed by atoms with van der Waals surface area (Å²) in [5.41, 5.74) is 5.05. The number of aryl methyl sites for hydroxylation is 1. The SMILES string of the molecule is Cc1cccc(C(=O)NN2C[C@@H](C(=O)OCC(=O)Nc3cccc(Cl)c3C)CC2=O)c1. The van der Waals surface area contributed by atoms with Crippen molar-refractivity contribution in [1.29, 1.82) is 0 Å². The van der Waals surface area contributed by atoms with Gasteiger partial charge in [-0.2, -0.15) is 0 Å². The number of hydrogen-bond acceptors (Lipinski definition) is 5. The molecule has 0 saturated carbocycles. The van der Waals surface area contributed by atoms with E-state index < -0.39 is 36.2 Å². The average Bonchev–Trinajstić information content (AvgIpc) is 3.10. The zero-order valence-electron chi connectivity index (χ0n) is 17.1. The van der Waals surface area contributed by atoms with Crippen LogP contribution in [0.25, 0.3) is 0 Å². The molecule has 31 heavy (non-hydrogen) atoms. The summed E-state index contributed by atoms with van der Waals surface area (Å²) in [6, 6.07) is 12.0. The molecular formula is C22H22ClN3O5. The van der Waals surface area contributed by atoms with Crippen molar-refractivity contribution >= 4 is 41.0 Å². The second kappa shape index (κ2) is 9.61. The zero-order chi connectivity index (χ0) is 22.5. The minimum Gasteiger partial charge on any atom is -0.455 e.